The van der Waals surface area contributed by atoms with Crippen LogP contribution in [0.5, 0.6) is 0 Å². The highest BCUT2D eigenvalue weighted by atomic mass is 32.2. The first kappa shape index (κ1) is 32.9. The molecule has 0 saturated carbocycles. The first-order valence-electron chi connectivity index (χ1n) is 11.5. The lowest BCUT2D eigenvalue weighted by molar-refractivity contribution is -0.144. The van der Waals surface area contributed by atoms with E-state index in [9.17, 15) is 34.2 Å². The van der Waals surface area contributed by atoms with E-state index >= 15 is 0 Å². The van der Waals surface area contributed by atoms with Gasteiger partial charge in [-0.15, -0.1) is 0 Å². The highest BCUT2D eigenvalue weighted by Crippen LogP contribution is 2.09. The minimum absolute atomic E-state index is 0.0828. The van der Waals surface area contributed by atoms with Crippen molar-refractivity contribution in [1.82, 2.24) is 16.0 Å². The number of rotatable bonds is 18. The summed E-state index contributed by atoms with van der Waals surface area (Å²) in [5.74, 6) is -5.05. The third-order valence-corrected chi connectivity index (χ3v) is 5.98. The first-order valence-corrected chi connectivity index (χ1v) is 12.9. The Bertz CT molecular complexity index is 793. The van der Waals surface area contributed by atoms with Crippen molar-refractivity contribution in [3.63, 3.8) is 0 Å². The number of carboxylic acid groups (broad SMARTS) is 2. The number of guanidine groups is 1. The molecule has 0 heterocycles. The number of nitrogens with one attached hydrogen (secondary N) is 3. The van der Waals surface area contributed by atoms with Gasteiger partial charge in [-0.05, 0) is 37.2 Å². The van der Waals surface area contributed by atoms with Crippen LogP contribution in [0.1, 0.15) is 46.0 Å². The number of hydrogen-bond acceptors (Lipinski definition) is 8. The van der Waals surface area contributed by atoms with E-state index in [1.54, 1.807) is 20.1 Å². The van der Waals surface area contributed by atoms with Crippen LogP contribution in [0.4, 0.5) is 0 Å². The predicted octanol–water partition coefficient (Wildman–Crippen LogP) is -1.82. The molecule has 0 aliphatic carbocycles. The lowest BCUT2D eigenvalue weighted by Crippen LogP contribution is -2.58. The van der Waals surface area contributed by atoms with Crippen LogP contribution in [0.2, 0.25) is 0 Å². The minimum atomic E-state index is -1.55. The summed E-state index contributed by atoms with van der Waals surface area (Å²) in [7, 11) is 0. The third-order valence-electron chi connectivity index (χ3n) is 5.34. The number of nitrogens with two attached hydrogens (primary N) is 3. The number of amides is 3. The SMILES string of the molecule is CCC(C)C(NC(=O)C(CC(=O)O)NC(=O)C(CCSC)NC(=O)C(N)CCCN=C(N)N)C(=O)O. The van der Waals surface area contributed by atoms with Crippen LogP contribution < -0.4 is 33.2 Å². The van der Waals surface area contributed by atoms with Crippen molar-refractivity contribution in [2.75, 3.05) is 18.6 Å². The van der Waals surface area contributed by atoms with E-state index in [0.717, 1.165) is 0 Å². The van der Waals surface area contributed by atoms with E-state index in [-0.39, 0.29) is 25.3 Å². The minimum Gasteiger partial charge on any atom is -0.481 e. The Labute approximate surface area is 214 Å². The Morgan fingerprint density at radius 2 is 1.53 bits per heavy atom. The number of aliphatic carboxylic acids is 2. The van der Waals surface area contributed by atoms with Gasteiger partial charge in [-0.2, -0.15) is 11.8 Å². The number of nitrogens with zero attached hydrogens (tertiary/aromatic N) is 1. The fraction of sp³-hybridized carbons (Fsp3) is 0.714. The second kappa shape index (κ2) is 17.4. The molecule has 0 aromatic heterocycles. The highest BCUT2D eigenvalue weighted by molar-refractivity contribution is 7.98. The molecular formula is C21H39N7O7S. The highest BCUT2D eigenvalue weighted by Gasteiger charge is 2.32. The van der Waals surface area contributed by atoms with Gasteiger partial charge in [0.2, 0.25) is 17.7 Å². The van der Waals surface area contributed by atoms with Crippen molar-refractivity contribution in [1.29, 1.82) is 0 Å². The molecule has 3 amide bonds. The van der Waals surface area contributed by atoms with E-state index in [0.29, 0.717) is 18.6 Å². The summed E-state index contributed by atoms with van der Waals surface area (Å²) in [5.41, 5.74) is 16.4. The van der Waals surface area contributed by atoms with Gasteiger partial charge >= 0.3 is 11.9 Å². The largest absolute Gasteiger partial charge is 0.481 e. The maximum atomic E-state index is 12.9. The number of carbonyl (C=O) groups is 5. The van der Waals surface area contributed by atoms with Crippen LogP contribution in [0.25, 0.3) is 0 Å². The zero-order valence-electron chi connectivity index (χ0n) is 20.9. The molecule has 0 aliphatic heterocycles. The summed E-state index contributed by atoms with van der Waals surface area (Å²) in [5, 5.41) is 25.8. The van der Waals surface area contributed by atoms with Gasteiger partial charge < -0.3 is 43.4 Å². The molecule has 0 aliphatic rings. The number of thioether (sulfide) groups is 1. The molecule has 206 valence electrons. The molecule has 0 spiro atoms. The fourth-order valence-electron chi connectivity index (χ4n) is 3.03. The van der Waals surface area contributed by atoms with Crippen LogP contribution in [-0.2, 0) is 24.0 Å². The summed E-state index contributed by atoms with van der Waals surface area (Å²) >= 11 is 1.42. The Kier molecular flexibility index (Phi) is 15.9. The maximum absolute atomic E-state index is 12.9. The van der Waals surface area contributed by atoms with E-state index < -0.39 is 66.2 Å². The van der Waals surface area contributed by atoms with Gasteiger partial charge in [0.1, 0.15) is 18.1 Å². The van der Waals surface area contributed by atoms with Gasteiger partial charge in [0.15, 0.2) is 5.96 Å². The lowest BCUT2D eigenvalue weighted by Gasteiger charge is -2.26. The molecular weight excluding hydrogens is 494 g/mol. The van der Waals surface area contributed by atoms with Gasteiger partial charge in [-0.25, -0.2) is 4.79 Å². The van der Waals surface area contributed by atoms with E-state index in [4.69, 9.17) is 17.2 Å². The van der Waals surface area contributed by atoms with Crippen LogP contribution in [0.15, 0.2) is 4.99 Å². The van der Waals surface area contributed by atoms with Crippen molar-refractivity contribution < 1.29 is 34.2 Å². The molecule has 0 aromatic rings. The third kappa shape index (κ3) is 13.1. The monoisotopic (exact) mass is 533 g/mol. The number of aliphatic imine (C=N–C) groups is 1. The zero-order valence-corrected chi connectivity index (χ0v) is 21.7. The molecule has 36 heavy (non-hydrogen) atoms. The fourth-order valence-corrected chi connectivity index (χ4v) is 3.50. The average Bonchev–Trinajstić information content (AvgIpc) is 2.80. The van der Waals surface area contributed by atoms with Crippen LogP contribution in [-0.4, -0.2) is 88.6 Å². The molecule has 0 rings (SSSR count). The van der Waals surface area contributed by atoms with Gasteiger partial charge in [0.05, 0.1) is 12.5 Å². The summed E-state index contributed by atoms with van der Waals surface area (Å²) in [6.07, 6.45) is 2.32. The predicted molar refractivity (Wildman–Crippen MR) is 136 cm³/mol. The van der Waals surface area contributed by atoms with Crippen molar-refractivity contribution in [3.8, 4) is 0 Å². The summed E-state index contributed by atoms with van der Waals surface area (Å²) in [4.78, 5) is 64.8. The zero-order chi connectivity index (χ0) is 27.8. The molecule has 11 N–H and O–H groups in total. The smallest absolute Gasteiger partial charge is 0.326 e. The Hall–Kier alpha value is -3.07. The molecule has 0 saturated heterocycles. The maximum Gasteiger partial charge on any atom is 0.326 e. The quantitative estimate of drug-likeness (QED) is 0.0553. The average molecular weight is 534 g/mol. The van der Waals surface area contributed by atoms with Crippen molar-refractivity contribution in [3.05, 3.63) is 0 Å². The molecule has 14 nitrogen and oxygen atoms in total. The Morgan fingerprint density at radius 3 is 2.03 bits per heavy atom. The molecule has 0 fully saturated rings. The van der Waals surface area contributed by atoms with Crippen LogP contribution in [0.3, 0.4) is 0 Å². The molecule has 15 heteroatoms. The topological polar surface area (TPSA) is 252 Å². The standard InChI is InChI=1S/C21H39N7O7S/c1-4-11(2)16(20(34)35)28-19(33)14(10-15(29)30)27-18(32)13(7-9-36-3)26-17(31)12(22)6-5-8-25-21(23)24/h11-14,16H,4-10,22H2,1-3H3,(H,26,31)(H,27,32)(H,28,33)(H,29,30)(H,34,35)(H4,23,24,25). The van der Waals surface area contributed by atoms with E-state index in [1.807, 2.05) is 0 Å². The lowest BCUT2D eigenvalue weighted by atomic mass is 9.98. The van der Waals surface area contributed by atoms with Gasteiger partial charge in [0.25, 0.3) is 0 Å². The van der Waals surface area contributed by atoms with Gasteiger partial charge in [0, 0.05) is 6.54 Å². The Morgan fingerprint density at radius 1 is 0.944 bits per heavy atom. The van der Waals surface area contributed by atoms with Crippen LogP contribution in [0, 0.1) is 5.92 Å². The van der Waals surface area contributed by atoms with Crippen molar-refractivity contribution in [2.45, 2.75) is 70.1 Å². The molecule has 0 aromatic carbocycles. The summed E-state index contributed by atoms with van der Waals surface area (Å²) in [6, 6.07) is -4.86. The number of carbonyl (C=O) groups excluding carboxylic acids is 3. The molecule has 5 unspecified atom stereocenters. The number of carboxylic acids is 2. The van der Waals surface area contributed by atoms with Gasteiger partial charge in [-0.1, -0.05) is 20.3 Å². The second-order valence-electron chi connectivity index (χ2n) is 8.27. The van der Waals surface area contributed by atoms with E-state index in [1.165, 1.54) is 11.8 Å². The van der Waals surface area contributed by atoms with Crippen molar-refractivity contribution in [2.24, 2.45) is 28.1 Å². The van der Waals surface area contributed by atoms with Gasteiger partial charge in [-0.3, -0.25) is 24.2 Å². The molecule has 0 radical (unpaired) electrons. The van der Waals surface area contributed by atoms with Crippen LogP contribution >= 0.6 is 11.8 Å². The Balaban J connectivity index is 5.42. The summed E-state index contributed by atoms with van der Waals surface area (Å²) < 4.78 is 0. The molecule has 5 atom stereocenters. The normalized spacial score (nSPS) is 14.9. The molecule has 0 bridgehead atoms. The van der Waals surface area contributed by atoms with E-state index in [2.05, 4.69) is 20.9 Å². The second-order valence-corrected chi connectivity index (χ2v) is 9.25. The number of hydrogen-bond donors (Lipinski definition) is 8. The van der Waals surface area contributed by atoms with Crippen molar-refractivity contribution >= 4 is 47.4 Å². The first-order chi connectivity index (χ1) is 16.8. The summed E-state index contributed by atoms with van der Waals surface area (Å²) in [6.45, 7) is 3.64.